The first-order chi connectivity index (χ1) is 10.9. The molecule has 0 aromatic heterocycles. The van der Waals surface area contributed by atoms with Crippen molar-refractivity contribution in [1.82, 2.24) is 0 Å². The van der Waals surface area contributed by atoms with Crippen molar-refractivity contribution in [3.05, 3.63) is 35.9 Å². The predicted molar refractivity (Wildman–Crippen MR) is 95.7 cm³/mol. The van der Waals surface area contributed by atoms with E-state index in [1.54, 1.807) is 24.3 Å². The van der Waals surface area contributed by atoms with E-state index in [1.165, 1.54) is 19.8 Å². The molecular formula is C19H34O4. The highest BCUT2D eigenvalue weighted by atomic mass is 16.7. The van der Waals surface area contributed by atoms with E-state index in [2.05, 4.69) is 13.8 Å². The summed E-state index contributed by atoms with van der Waals surface area (Å²) in [4.78, 5) is 11.1. The number of carbonyl (C=O) groups excluding carboxylic acids is 1. The van der Waals surface area contributed by atoms with Gasteiger partial charge in [0, 0.05) is 18.8 Å². The summed E-state index contributed by atoms with van der Waals surface area (Å²) < 4.78 is 10.1. The van der Waals surface area contributed by atoms with Crippen LogP contribution in [0.4, 0.5) is 0 Å². The van der Waals surface area contributed by atoms with Crippen molar-refractivity contribution in [2.45, 2.75) is 66.8 Å². The van der Waals surface area contributed by atoms with E-state index in [1.807, 2.05) is 26.8 Å². The van der Waals surface area contributed by atoms with Crippen LogP contribution in [0.1, 0.15) is 64.7 Å². The Hall–Kier alpha value is -1.23. The van der Waals surface area contributed by atoms with Gasteiger partial charge in [0.2, 0.25) is 0 Å². The highest BCUT2D eigenvalue weighted by molar-refractivity contribution is 5.98. The molecule has 0 aliphatic carbocycles. The van der Waals surface area contributed by atoms with Crippen molar-refractivity contribution in [1.29, 1.82) is 0 Å². The lowest BCUT2D eigenvalue weighted by molar-refractivity contribution is -0.123. The van der Waals surface area contributed by atoms with E-state index in [-0.39, 0.29) is 12.1 Å². The molecule has 0 spiro atoms. The molecular weight excluding hydrogens is 292 g/mol. The van der Waals surface area contributed by atoms with Crippen molar-refractivity contribution >= 4 is 5.78 Å². The smallest absolute Gasteiger partial charge is 0.190 e. The number of ketones is 1. The van der Waals surface area contributed by atoms with Gasteiger partial charge in [-0.1, -0.05) is 57.0 Å². The van der Waals surface area contributed by atoms with Gasteiger partial charge in [-0.3, -0.25) is 4.79 Å². The number of aliphatic hydroxyl groups is 1. The molecule has 0 amide bonds. The topological polar surface area (TPSA) is 55.8 Å². The van der Waals surface area contributed by atoms with Crippen LogP contribution >= 0.6 is 0 Å². The van der Waals surface area contributed by atoms with Gasteiger partial charge in [0.05, 0.1) is 0 Å². The van der Waals surface area contributed by atoms with Crippen LogP contribution in [-0.4, -0.2) is 36.5 Å². The maximum absolute atomic E-state index is 11.1. The largest absolute Gasteiger partial charge is 0.385 e. The van der Waals surface area contributed by atoms with Crippen LogP contribution < -0.4 is 0 Å². The fourth-order valence-corrected chi connectivity index (χ4v) is 1.36. The number of benzene rings is 1. The summed E-state index contributed by atoms with van der Waals surface area (Å²) in [6.07, 6.45) is 1.70. The van der Waals surface area contributed by atoms with Crippen LogP contribution in [0.3, 0.4) is 0 Å². The second-order valence-electron chi connectivity index (χ2n) is 4.88. The van der Waals surface area contributed by atoms with Crippen LogP contribution in [0.25, 0.3) is 0 Å². The molecule has 0 heterocycles. The predicted octanol–water partition coefficient (Wildman–Crippen LogP) is 4.46. The number of carbonyl (C=O) groups is 1. The number of ether oxygens (including phenoxy) is 2. The first kappa shape index (κ1) is 24.0. The van der Waals surface area contributed by atoms with Crippen molar-refractivity contribution < 1.29 is 19.4 Å². The van der Waals surface area contributed by atoms with Crippen molar-refractivity contribution in [3.8, 4) is 0 Å². The van der Waals surface area contributed by atoms with Crippen LogP contribution in [0.15, 0.2) is 30.3 Å². The summed E-state index contributed by atoms with van der Waals surface area (Å²) >= 11 is 0. The Bertz CT molecular complexity index is 355. The molecule has 0 saturated heterocycles. The standard InChI is InChI=1S/C9H10O2.C6H14O2.C4H10/c1-7(10)9(11)8-5-3-2-4-6-8;1-4-7-6(3)8-5-2;1-3-4-2/h2-7,10H,1H3;6H,4-5H2,1-3H3;3-4H2,1-2H3. The lowest BCUT2D eigenvalue weighted by Gasteiger charge is -2.09. The maximum atomic E-state index is 11.1. The van der Waals surface area contributed by atoms with Gasteiger partial charge < -0.3 is 14.6 Å². The van der Waals surface area contributed by atoms with Gasteiger partial charge in [-0.25, -0.2) is 0 Å². The van der Waals surface area contributed by atoms with Crippen LogP contribution in [0, 0.1) is 0 Å². The van der Waals surface area contributed by atoms with Gasteiger partial charge in [0.1, 0.15) is 6.10 Å². The summed E-state index contributed by atoms with van der Waals surface area (Å²) in [6.45, 7) is 13.1. The van der Waals surface area contributed by atoms with E-state index < -0.39 is 6.10 Å². The molecule has 0 fully saturated rings. The minimum atomic E-state index is -0.905. The molecule has 1 unspecified atom stereocenters. The third-order valence-electron chi connectivity index (χ3n) is 2.74. The maximum Gasteiger partial charge on any atom is 0.190 e. The molecule has 4 nitrogen and oxygen atoms in total. The Morgan fingerprint density at radius 3 is 1.70 bits per heavy atom. The summed E-state index contributed by atoms with van der Waals surface area (Å²) in [5.74, 6) is -0.231. The van der Waals surface area contributed by atoms with E-state index in [4.69, 9.17) is 14.6 Å². The van der Waals surface area contributed by atoms with E-state index >= 15 is 0 Å². The molecule has 1 aromatic carbocycles. The summed E-state index contributed by atoms with van der Waals surface area (Å²) in [5.41, 5.74) is 0.558. The Kier molecular flexibility index (Phi) is 17.9. The van der Waals surface area contributed by atoms with Crippen LogP contribution in [0.2, 0.25) is 0 Å². The van der Waals surface area contributed by atoms with Gasteiger partial charge in [-0.2, -0.15) is 0 Å². The average Bonchev–Trinajstić information content (AvgIpc) is 2.56. The molecule has 1 atom stereocenters. The molecule has 0 radical (unpaired) electrons. The van der Waals surface area contributed by atoms with Crippen LogP contribution in [-0.2, 0) is 9.47 Å². The quantitative estimate of drug-likeness (QED) is 0.593. The Balaban J connectivity index is 0. The molecule has 23 heavy (non-hydrogen) atoms. The fourth-order valence-electron chi connectivity index (χ4n) is 1.36. The average molecular weight is 326 g/mol. The number of unbranched alkanes of at least 4 members (excludes halogenated alkanes) is 1. The van der Waals surface area contributed by atoms with E-state index in [9.17, 15) is 4.79 Å². The molecule has 1 aromatic rings. The van der Waals surface area contributed by atoms with E-state index in [0.29, 0.717) is 5.56 Å². The van der Waals surface area contributed by atoms with Crippen LogP contribution in [0.5, 0.6) is 0 Å². The normalized spacial score (nSPS) is 11.0. The third kappa shape index (κ3) is 15.4. The van der Waals surface area contributed by atoms with Crippen molar-refractivity contribution in [3.63, 3.8) is 0 Å². The van der Waals surface area contributed by atoms with E-state index in [0.717, 1.165) is 13.2 Å². The minimum absolute atomic E-state index is 0.0370. The Labute approximate surface area is 141 Å². The van der Waals surface area contributed by atoms with Gasteiger partial charge >= 0.3 is 0 Å². The SMILES string of the molecule is CC(O)C(=O)c1ccccc1.CCCC.CCOC(C)OCC. The summed E-state index contributed by atoms with van der Waals surface area (Å²) in [7, 11) is 0. The second-order valence-corrected chi connectivity index (χ2v) is 4.88. The lowest BCUT2D eigenvalue weighted by atomic mass is 10.1. The lowest BCUT2D eigenvalue weighted by Crippen LogP contribution is -2.15. The minimum Gasteiger partial charge on any atom is -0.385 e. The van der Waals surface area contributed by atoms with Crippen molar-refractivity contribution in [2.24, 2.45) is 0 Å². The molecule has 0 aliphatic heterocycles. The fraction of sp³-hybridized carbons (Fsp3) is 0.632. The highest BCUT2D eigenvalue weighted by Crippen LogP contribution is 2.02. The van der Waals surface area contributed by atoms with Gasteiger partial charge in [-0.05, 0) is 27.7 Å². The molecule has 1 N–H and O–H groups in total. The number of hydrogen-bond acceptors (Lipinski definition) is 4. The van der Waals surface area contributed by atoms with Gasteiger partial charge in [0.25, 0.3) is 0 Å². The number of rotatable bonds is 7. The Morgan fingerprint density at radius 2 is 1.39 bits per heavy atom. The molecule has 4 heteroatoms. The molecule has 134 valence electrons. The molecule has 0 bridgehead atoms. The molecule has 1 rings (SSSR count). The zero-order chi connectivity index (χ0) is 18.1. The third-order valence-corrected chi connectivity index (χ3v) is 2.74. The monoisotopic (exact) mass is 326 g/mol. The zero-order valence-electron chi connectivity index (χ0n) is 15.5. The Morgan fingerprint density at radius 1 is 0.957 bits per heavy atom. The second kappa shape index (κ2) is 17.1. The first-order valence-electron chi connectivity index (χ1n) is 8.44. The number of aliphatic hydroxyl groups excluding tert-OH is 1. The molecule has 0 aliphatic rings. The molecule has 0 saturated carbocycles. The number of Topliss-reactive ketones (excluding diaryl/α,β-unsaturated/α-hetero) is 1. The van der Waals surface area contributed by atoms with Crippen molar-refractivity contribution in [2.75, 3.05) is 13.2 Å². The van der Waals surface area contributed by atoms with Gasteiger partial charge in [-0.15, -0.1) is 0 Å². The highest BCUT2D eigenvalue weighted by Gasteiger charge is 2.09. The van der Waals surface area contributed by atoms with Gasteiger partial charge in [0.15, 0.2) is 12.1 Å². The first-order valence-corrected chi connectivity index (χ1v) is 8.44. The summed E-state index contributed by atoms with van der Waals surface area (Å²) in [6, 6.07) is 8.76. The zero-order valence-corrected chi connectivity index (χ0v) is 15.5. The number of hydrogen-bond donors (Lipinski definition) is 1. The summed E-state index contributed by atoms with van der Waals surface area (Å²) in [5, 5.41) is 8.92.